The molecule has 0 aromatic heterocycles. The van der Waals surface area contributed by atoms with Crippen molar-refractivity contribution in [3.8, 4) is 0 Å². The van der Waals surface area contributed by atoms with Crippen LogP contribution in [0.25, 0.3) is 0 Å². The van der Waals surface area contributed by atoms with Crippen molar-refractivity contribution in [1.82, 2.24) is 5.32 Å². The van der Waals surface area contributed by atoms with Gasteiger partial charge in [0.05, 0.1) is 13.0 Å². The highest BCUT2D eigenvalue weighted by molar-refractivity contribution is 5.85. The predicted molar refractivity (Wildman–Crippen MR) is 64.3 cm³/mol. The van der Waals surface area contributed by atoms with E-state index in [2.05, 4.69) is 5.32 Å². The number of amides is 1. The molecule has 0 aliphatic carbocycles. The van der Waals surface area contributed by atoms with Crippen molar-refractivity contribution in [2.24, 2.45) is 0 Å². The van der Waals surface area contributed by atoms with E-state index in [0.717, 1.165) is 0 Å². The molecule has 1 unspecified atom stereocenters. The van der Waals surface area contributed by atoms with E-state index in [1.165, 1.54) is 18.2 Å². The van der Waals surface area contributed by atoms with Crippen LogP contribution in [0.15, 0.2) is 24.3 Å². The van der Waals surface area contributed by atoms with Crippen LogP contribution in [-0.4, -0.2) is 24.5 Å². The minimum absolute atomic E-state index is 0.0293. The largest absolute Gasteiger partial charge is 0.464 e. The van der Waals surface area contributed by atoms with Crippen LogP contribution in [0.2, 0.25) is 0 Å². The number of ether oxygens (including phenoxy) is 1. The number of benzene rings is 1. The van der Waals surface area contributed by atoms with E-state index in [1.807, 2.05) is 0 Å². The van der Waals surface area contributed by atoms with Crippen molar-refractivity contribution < 1.29 is 18.7 Å². The summed E-state index contributed by atoms with van der Waals surface area (Å²) >= 11 is 0. The van der Waals surface area contributed by atoms with Gasteiger partial charge in [-0.05, 0) is 31.5 Å². The number of nitrogens with one attached hydrogen (secondary N) is 1. The van der Waals surface area contributed by atoms with Crippen molar-refractivity contribution >= 4 is 11.9 Å². The Balaban J connectivity index is 2.49. The van der Waals surface area contributed by atoms with Crippen LogP contribution in [0, 0.1) is 5.82 Å². The summed E-state index contributed by atoms with van der Waals surface area (Å²) in [5.41, 5.74) is 0.559. The summed E-state index contributed by atoms with van der Waals surface area (Å²) in [7, 11) is 0. The van der Waals surface area contributed by atoms with Crippen molar-refractivity contribution in [3.63, 3.8) is 0 Å². The molecule has 18 heavy (non-hydrogen) atoms. The third kappa shape index (κ3) is 4.53. The summed E-state index contributed by atoms with van der Waals surface area (Å²) in [6, 6.07) is 5.08. The van der Waals surface area contributed by atoms with Crippen LogP contribution in [0.4, 0.5) is 4.39 Å². The molecule has 0 bridgehead atoms. The third-order valence-corrected chi connectivity index (χ3v) is 2.27. The van der Waals surface area contributed by atoms with Crippen LogP contribution in [0.1, 0.15) is 19.4 Å². The lowest BCUT2D eigenvalue weighted by Crippen LogP contribution is -2.40. The Morgan fingerprint density at radius 1 is 1.44 bits per heavy atom. The molecule has 0 spiro atoms. The first-order chi connectivity index (χ1) is 8.52. The Morgan fingerprint density at radius 2 is 2.17 bits per heavy atom. The molecule has 0 fully saturated rings. The summed E-state index contributed by atoms with van der Waals surface area (Å²) < 4.78 is 17.7. The normalized spacial score (nSPS) is 11.7. The average Bonchev–Trinajstić information content (AvgIpc) is 2.28. The van der Waals surface area contributed by atoms with E-state index in [0.29, 0.717) is 5.56 Å². The minimum Gasteiger partial charge on any atom is -0.464 e. The van der Waals surface area contributed by atoms with E-state index in [9.17, 15) is 14.0 Å². The fourth-order valence-corrected chi connectivity index (χ4v) is 1.45. The molecule has 0 heterocycles. The van der Waals surface area contributed by atoms with Gasteiger partial charge in [0.2, 0.25) is 5.91 Å². The van der Waals surface area contributed by atoms with Gasteiger partial charge in [-0.3, -0.25) is 4.79 Å². The fourth-order valence-electron chi connectivity index (χ4n) is 1.45. The summed E-state index contributed by atoms with van der Waals surface area (Å²) in [5.74, 6) is -1.22. The maximum atomic E-state index is 12.9. The number of carbonyl (C=O) groups excluding carboxylic acids is 2. The van der Waals surface area contributed by atoms with Gasteiger partial charge < -0.3 is 10.1 Å². The lowest BCUT2D eigenvalue weighted by atomic mass is 10.1. The molecule has 0 saturated heterocycles. The fraction of sp³-hybridized carbons (Fsp3) is 0.385. The first kappa shape index (κ1) is 14.2. The van der Waals surface area contributed by atoms with Crippen LogP contribution in [0.5, 0.6) is 0 Å². The zero-order valence-corrected chi connectivity index (χ0v) is 10.4. The van der Waals surface area contributed by atoms with Gasteiger partial charge in [-0.1, -0.05) is 12.1 Å². The SMILES string of the molecule is CCOC(=O)C(C)NC(=O)Cc1cccc(F)c1. The summed E-state index contributed by atoms with van der Waals surface area (Å²) in [4.78, 5) is 22.9. The Kier molecular flexibility index (Phi) is 5.30. The van der Waals surface area contributed by atoms with Gasteiger partial charge in [0.15, 0.2) is 0 Å². The second kappa shape index (κ2) is 6.74. The van der Waals surface area contributed by atoms with Gasteiger partial charge in [0.25, 0.3) is 0 Å². The van der Waals surface area contributed by atoms with Gasteiger partial charge >= 0.3 is 5.97 Å². The van der Waals surface area contributed by atoms with Crippen LogP contribution in [-0.2, 0) is 20.7 Å². The van der Waals surface area contributed by atoms with E-state index in [4.69, 9.17) is 4.74 Å². The minimum atomic E-state index is -0.703. The highest BCUT2D eigenvalue weighted by Gasteiger charge is 2.16. The second-order valence-corrected chi connectivity index (χ2v) is 3.85. The van der Waals surface area contributed by atoms with Gasteiger partial charge in [0.1, 0.15) is 11.9 Å². The molecule has 1 atom stereocenters. The molecule has 0 aliphatic rings. The van der Waals surface area contributed by atoms with Gasteiger partial charge in [-0.15, -0.1) is 0 Å². The van der Waals surface area contributed by atoms with Crippen molar-refractivity contribution in [2.75, 3.05) is 6.61 Å². The van der Waals surface area contributed by atoms with E-state index < -0.39 is 17.8 Å². The Bertz CT molecular complexity index is 434. The van der Waals surface area contributed by atoms with Crippen molar-refractivity contribution in [2.45, 2.75) is 26.3 Å². The Labute approximate surface area is 105 Å². The molecule has 0 aliphatic heterocycles. The van der Waals surface area contributed by atoms with Gasteiger partial charge in [-0.2, -0.15) is 0 Å². The van der Waals surface area contributed by atoms with Crippen molar-refractivity contribution in [1.29, 1.82) is 0 Å². The van der Waals surface area contributed by atoms with Crippen molar-refractivity contribution in [3.05, 3.63) is 35.6 Å². The first-order valence-electron chi connectivity index (χ1n) is 5.73. The van der Waals surface area contributed by atoms with E-state index in [1.54, 1.807) is 19.9 Å². The molecule has 98 valence electrons. The highest BCUT2D eigenvalue weighted by Crippen LogP contribution is 2.04. The third-order valence-electron chi connectivity index (χ3n) is 2.27. The molecular formula is C13H16FNO3. The molecule has 1 N–H and O–H groups in total. The topological polar surface area (TPSA) is 55.4 Å². The zero-order chi connectivity index (χ0) is 13.5. The molecule has 1 amide bonds. The second-order valence-electron chi connectivity index (χ2n) is 3.85. The number of rotatable bonds is 5. The van der Waals surface area contributed by atoms with Gasteiger partial charge in [-0.25, -0.2) is 9.18 Å². The Morgan fingerprint density at radius 3 is 2.78 bits per heavy atom. The molecule has 5 heteroatoms. The standard InChI is InChI=1S/C13H16FNO3/c1-3-18-13(17)9(2)15-12(16)8-10-5-4-6-11(14)7-10/h4-7,9H,3,8H2,1-2H3,(H,15,16). The van der Waals surface area contributed by atoms with Crippen LogP contribution >= 0.6 is 0 Å². The monoisotopic (exact) mass is 253 g/mol. The zero-order valence-electron chi connectivity index (χ0n) is 10.4. The molecule has 1 aromatic rings. The molecule has 4 nitrogen and oxygen atoms in total. The summed E-state index contributed by atoms with van der Waals surface area (Å²) in [6.07, 6.45) is 0.0293. The quantitative estimate of drug-likeness (QED) is 0.808. The molecule has 0 radical (unpaired) electrons. The maximum Gasteiger partial charge on any atom is 0.328 e. The van der Waals surface area contributed by atoms with E-state index >= 15 is 0 Å². The first-order valence-corrected chi connectivity index (χ1v) is 5.73. The highest BCUT2D eigenvalue weighted by atomic mass is 19.1. The average molecular weight is 253 g/mol. The molecule has 1 rings (SSSR count). The smallest absolute Gasteiger partial charge is 0.328 e. The summed E-state index contributed by atoms with van der Waals surface area (Å²) in [6.45, 7) is 3.50. The number of hydrogen-bond acceptors (Lipinski definition) is 3. The van der Waals surface area contributed by atoms with E-state index in [-0.39, 0.29) is 18.9 Å². The summed E-state index contributed by atoms with van der Waals surface area (Å²) in [5, 5.41) is 2.50. The lowest BCUT2D eigenvalue weighted by Gasteiger charge is -2.12. The lowest BCUT2D eigenvalue weighted by molar-refractivity contribution is -0.146. The van der Waals surface area contributed by atoms with Crippen LogP contribution in [0.3, 0.4) is 0 Å². The van der Waals surface area contributed by atoms with Gasteiger partial charge in [0, 0.05) is 0 Å². The number of esters is 1. The number of hydrogen-bond donors (Lipinski definition) is 1. The predicted octanol–water partition coefficient (Wildman–Crippen LogP) is 1.44. The Hall–Kier alpha value is -1.91. The van der Waals surface area contributed by atoms with Crippen LogP contribution < -0.4 is 5.32 Å². The number of carbonyl (C=O) groups is 2. The molecule has 1 aromatic carbocycles. The maximum absolute atomic E-state index is 12.9. The number of halogens is 1. The molecule has 0 saturated carbocycles. The molecular weight excluding hydrogens is 237 g/mol.